The molecule has 4 aromatic carbocycles. The summed E-state index contributed by atoms with van der Waals surface area (Å²) in [6.07, 6.45) is 3.83. The standard InChI is InChI=1S/C40H33Cl2FN6O3/c41-25-9-7-24(8-10-25)37-29-19-26(42)20-31-33(29)34(38-35(44-22-49(37)38)23-5-2-1-3-6-23)36(45-31)39(50)46-30-21-27(43)11-12-32(30)47-16-13-28(14-17-47)48-15-4-18-52-40(48)51/h1-3,5-12,19-22,28,37,45H,4,13-18H2,(H,46,50). The number of carbonyl (C=O) groups is 2. The number of benzene rings is 4. The first-order valence-electron chi connectivity index (χ1n) is 17.4. The van der Waals surface area contributed by atoms with Crippen LogP contribution in [0.4, 0.5) is 20.6 Å². The number of nitrogens with zero attached hydrogens (tertiary/aromatic N) is 4. The van der Waals surface area contributed by atoms with Crippen molar-refractivity contribution >= 4 is 57.5 Å². The summed E-state index contributed by atoms with van der Waals surface area (Å²) in [5.41, 5.74) is 7.05. The van der Waals surface area contributed by atoms with Gasteiger partial charge in [-0.1, -0.05) is 65.7 Å². The van der Waals surface area contributed by atoms with E-state index in [2.05, 4.69) is 19.8 Å². The Morgan fingerprint density at radius 3 is 2.50 bits per heavy atom. The van der Waals surface area contributed by atoms with Crippen molar-refractivity contribution in [3.63, 3.8) is 0 Å². The number of amides is 2. The van der Waals surface area contributed by atoms with Gasteiger partial charge in [0.25, 0.3) is 5.91 Å². The fourth-order valence-electron chi connectivity index (χ4n) is 8.08. The third-order valence-electron chi connectivity index (χ3n) is 10.4. The van der Waals surface area contributed by atoms with Gasteiger partial charge in [-0.05, 0) is 72.9 Å². The average Bonchev–Trinajstić information content (AvgIpc) is 3.76. The summed E-state index contributed by atoms with van der Waals surface area (Å²) < 4.78 is 22.2. The van der Waals surface area contributed by atoms with Crippen molar-refractivity contribution in [2.75, 3.05) is 36.5 Å². The van der Waals surface area contributed by atoms with Gasteiger partial charge < -0.3 is 29.4 Å². The molecule has 52 heavy (non-hydrogen) atoms. The third-order valence-corrected chi connectivity index (χ3v) is 10.9. The van der Waals surface area contributed by atoms with Crippen molar-refractivity contribution in [1.29, 1.82) is 0 Å². The number of halogens is 3. The number of hydrogen-bond donors (Lipinski definition) is 2. The number of carbonyl (C=O) groups excluding carboxylic acids is 2. The highest BCUT2D eigenvalue weighted by molar-refractivity contribution is 6.32. The number of nitrogens with one attached hydrogen (secondary N) is 2. The zero-order chi connectivity index (χ0) is 35.5. The molecule has 3 aliphatic rings. The number of rotatable bonds is 6. The van der Waals surface area contributed by atoms with Gasteiger partial charge in [-0.2, -0.15) is 0 Å². The molecule has 9 rings (SSSR count). The van der Waals surface area contributed by atoms with Gasteiger partial charge in [-0.3, -0.25) is 4.79 Å². The highest BCUT2D eigenvalue weighted by Gasteiger charge is 2.37. The molecule has 2 amide bonds. The number of aromatic amines is 1. The number of H-pyrrole nitrogens is 1. The number of ether oxygens (including phenoxy) is 1. The SMILES string of the molecule is O=C(Nc1cc(F)ccc1N1CCC(N2CCCOC2=O)CC1)c1[nH]c2cc(Cl)cc3c2c1-c1c(-c2ccccc2)ncn1C3c1ccc(Cl)cc1. The van der Waals surface area contributed by atoms with E-state index >= 15 is 0 Å². The van der Waals surface area contributed by atoms with Gasteiger partial charge >= 0.3 is 6.09 Å². The molecule has 0 saturated carbocycles. The third kappa shape index (κ3) is 5.57. The lowest BCUT2D eigenvalue weighted by molar-refractivity contribution is 0.0499. The molecular formula is C40H33Cl2FN6O3. The topological polar surface area (TPSA) is 95.5 Å². The molecule has 12 heteroatoms. The van der Waals surface area contributed by atoms with E-state index < -0.39 is 11.7 Å². The molecule has 1 unspecified atom stereocenters. The van der Waals surface area contributed by atoms with E-state index in [4.69, 9.17) is 32.9 Å². The van der Waals surface area contributed by atoms with Crippen molar-refractivity contribution in [3.8, 4) is 22.5 Å². The Morgan fingerprint density at radius 2 is 1.73 bits per heavy atom. The van der Waals surface area contributed by atoms with Gasteiger partial charge in [0.2, 0.25) is 0 Å². The van der Waals surface area contributed by atoms with E-state index in [1.807, 2.05) is 71.6 Å². The van der Waals surface area contributed by atoms with Gasteiger partial charge in [0, 0.05) is 57.8 Å². The predicted molar refractivity (Wildman–Crippen MR) is 201 cm³/mol. The number of hydrogen-bond acceptors (Lipinski definition) is 5. The van der Waals surface area contributed by atoms with E-state index in [1.165, 1.54) is 12.1 Å². The van der Waals surface area contributed by atoms with E-state index in [0.717, 1.165) is 52.7 Å². The molecule has 2 saturated heterocycles. The number of fused-ring (bicyclic) bond motifs is 2. The second kappa shape index (κ2) is 13.0. The van der Waals surface area contributed by atoms with Crippen molar-refractivity contribution < 1.29 is 18.7 Å². The van der Waals surface area contributed by atoms with Crippen LogP contribution < -0.4 is 10.2 Å². The van der Waals surface area contributed by atoms with Crippen LogP contribution in [-0.2, 0) is 4.74 Å². The molecule has 2 fully saturated rings. The number of imidazole rings is 1. The van der Waals surface area contributed by atoms with Crippen LogP contribution >= 0.6 is 23.2 Å². The van der Waals surface area contributed by atoms with E-state index in [-0.39, 0.29) is 18.2 Å². The van der Waals surface area contributed by atoms with Crippen molar-refractivity contribution in [2.24, 2.45) is 0 Å². The zero-order valence-electron chi connectivity index (χ0n) is 27.9. The van der Waals surface area contributed by atoms with Crippen molar-refractivity contribution in [3.05, 3.63) is 124 Å². The summed E-state index contributed by atoms with van der Waals surface area (Å²) in [7, 11) is 0. The minimum absolute atomic E-state index is 0.0726. The van der Waals surface area contributed by atoms with E-state index in [9.17, 15) is 14.0 Å². The zero-order valence-corrected chi connectivity index (χ0v) is 29.4. The molecule has 0 aliphatic carbocycles. The van der Waals surface area contributed by atoms with Crippen LogP contribution in [-0.4, -0.2) is 63.7 Å². The van der Waals surface area contributed by atoms with Crippen molar-refractivity contribution in [2.45, 2.75) is 31.3 Å². The fourth-order valence-corrected chi connectivity index (χ4v) is 8.44. The highest BCUT2D eigenvalue weighted by Crippen LogP contribution is 2.50. The van der Waals surface area contributed by atoms with Gasteiger partial charge in [0.1, 0.15) is 11.5 Å². The molecule has 5 heterocycles. The number of cyclic esters (lactones) is 1. The molecule has 9 nitrogen and oxygen atoms in total. The van der Waals surface area contributed by atoms with Gasteiger partial charge in [0.15, 0.2) is 0 Å². The molecule has 3 aliphatic heterocycles. The Kier molecular flexibility index (Phi) is 8.16. The second-order valence-corrected chi connectivity index (χ2v) is 14.3. The minimum atomic E-state index is -0.465. The summed E-state index contributed by atoms with van der Waals surface area (Å²) >= 11 is 13.1. The maximum atomic E-state index is 14.9. The van der Waals surface area contributed by atoms with Crippen LogP contribution in [0.2, 0.25) is 10.0 Å². The average molecular weight is 736 g/mol. The summed E-state index contributed by atoms with van der Waals surface area (Å²) in [4.78, 5) is 39.2. The molecule has 2 N–H and O–H groups in total. The first-order valence-corrected chi connectivity index (χ1v) is 18.1. The Hall–Kier alpha value is -5.32. The molecule has 0 spiro atoms. The summed E-state index contributed by atoms with van der Waals surface area (Å²) in [5, 5.41) is 5.06. The summed E-state index contributed by atoms with van der Waals surface area (Å²) in [5.74, 6) is -0.893. The van der Waals surface area contributed by atoms with E-state index in [1.54, 1.807) is 12.4 Å². The quantitative estimate of drug-likeness (QED) is 0.178. The molecule has 0 bridgehead atoms. The normalized spacial score (nSPS) is 17.3. The Morgan fingerprint density at radius 1 is 0.942 bits per heavy atom. The highest BCUT2D eigenvalue weighted by atomic mass is 35.5. The molecule has 0 radical (unpaired) electrons. The maximum absolute atomic E-state index is 14.9. The lowest BCUT2D eigenvalue weighted by Gasteiger charge is -2.40. The van der Waals surface area contributed by atoms with Crippen LogP contribution in [0.15, 0.2) is 91.3 Å². The molecule has 2 aromatic heterocycles. The lowest BCUT2D eigenvalue weighted by Crippen LogP contribution is -2.50. The Balaban J connectivity index is 1.12. The number of aromatic nitrogens is 3. The summed E-state index contributed by atoms with van der Waals surface area (Å²) in [6, 6.07) is 25.6. The largest absolute Gasteiger partial charge is 0.449 e. The molecular weight excluding hydrogens is 702 g/mol. The Labute approximate surface area is 308 Å². The molecule has 6 aromatic rings. The van der Waals surface area contributed by atoms with Crippen LogP contribution in [0.5, 0.6) is 0 Å². The molecule has 1 atom stereocenters. The van der Waals surface area contributed by atoms with Crippen LogP contribution in [0.3, 0.4) is 0 Å². The fraction of sp³-hybridized carbons (Fsp3) is 0.225. The number of anilines is 2. The van der Waals surface area contributed by atoms with E-state index in [0.29, 0.717) is 64.4 Å². The lowest BCUT2D eigenvalue weighted by atomic mass is 9.88. The number of piperidine rings is 1. The maximum Gasteiger partial charge on any atom is 0.410 e. The van der Waals surface area contributed by atoms with Gasteiger partial charge in [0.05, 0.1) is 41.7 Å². The van der Waals surface area contributed by atoms with Crippen molar-refractivity contribution in [1.82, 2.24) is 19.4 Å². The van der Waals surface area contributed by atoms with Crippen LogP contribution in [0, 0.1) is 5.82 Å². The first kappa shape index (κ1) is 32.6. The minimum Gasteiger partial charge on any atom is -0.449 e. The van der Waals surface area contributed by atoms with Crippen LogP contribution in [0.1, 0.15) is 46.9 Å². The van der Waals surface area contributed by atoms with Gasteiger partial charge in [-0.15, -0.1) is 0 Å². The van der Waals surface area contributed by atoms with Crippen LogP contribution in [0.25, 0.3) is 33.4 Å². The predicted octanol–water partition coefficient (Wildman–Crippen LogP) is 9.16. The smallest absolute Gasteiger partial charge is 0.410 e. The monoisotopic (exact) mass is 734 g/mol. The molecule has 262 valence electrons. The second-order valence-electron chi connectivity index (χ2n) is 13.5. The van der Waals surface area contributed by atoms with Gasteiger partial charge in [-0.25, -0.2) is 14.2 Å². The summed E-state index contributed by atoms with van der Waals surface area (Å²) in [6.45, 7) is 2.41. The first-order chi connectivity index (χ1) is 25.3. The Bertz CT molecular complexity index is 2350.